The summed E-state index contributed by atoms with van der Waals surface area (Å²) in [5.74, 6) is 0.395. The minimum absolute atomic E-state index is 0.0283. The van der Waals surface area contributed by atoms with Crippen molar-refractivity contribution >= 4 is 5.91 Å². The molecule has 0 radical (unpaired) electrons. The number of ether oxygens (including phenoxy) is 1. The van der Waals surface area contributed by atoms with Gasteiger partial charge in [0.1, 0.15) is 5.75 Å². The lowest BCUT2D eigenvalue weighted by atomic mass is 9.96. The summed E-state index contributed by atoms with van der Waals surface area (Å²) in [7, 11) is 0. The smallest absolute Gasteiger partial charge is 0.252 e. The second-order valence-corrected chi connectivity index (χ2v) is 4.41. The first-order chi connectivity index (χ1) is 7.43. The van der Waals surface area contributed by atoms with Crippen LogP contribution in [0.4, 0.5) is 0 Å². The van der Waals surface area contributed by atoms with Gasteiger partial charge in [-0.05, 0) is 31.4 Å². The molecule has 0 aliphatic heterocycles. The van der Waals surface area contributed by atoms with Crippen LogP contribution in [0.3, 0.4) is 0 Å². The fourth-order valence-corrected chi connectivity index (χ4v) is 1.65. The largest absolute Gasteiger partial charge is 0.490 e. The Morgan fingerprint density at radius 3 is 2.31 bits per heavy atom. The molecule has 0 saturated heterocycles. The molecule has 0 unspecified atom stereocenters. The molecule has 0 atom stereocenters. The van der Waals surface area contributed by atoms with Crippen molar-refractivity contribution in [1.82, 2.24) is 0 Å². The van der Waals surface area contributed by atoms with Crippen molar-refractivity contribution in [2.24, 2.45) is 5.73 Å². The van der Waals surface area contributed by atoms with Crippen LogP contribution in [0.5, 0.6) is 5.75 Å². The van der Waals surface area contributed by atoms with Crippen LogP contribution < -0.4 is 10.5 Å². The van der Waals surface area contributed by atoms with Gasteiger partial charge >= 0.3 is 0 Å². The van der Waals surface area contributed by atoms with Gasteiger partial charge in [0.25, 0.3) is 5.91 Å². The molecule has 16 heavy (non-hydrogen) atoms. The molecular formula is C13H19NO2. The maximum Gasteiger partial charge on any atom is 0.252 e. The Hall–Kier alpha value is -1.51. The Bertz CT molecular complexity index is 384. The second kappa shape index (κ2) is 5.01. The summed E-state index contributed by atoms with van der Waals surface area (Å²) in [6.07, 6.45) is 0.0283. The first kappa shape index (κ1) is 12.6. The number of amides is 1. The van der Waals surface area contributed by atoms with E-state index in [1.807, 2.05) is 39.8 Å². The van der Waals surface area contributed by atoms with Crippen LogP contribution in [0.1, 0.15) is 49.5 Å². The van der Waals surface area contributed by atoms with E-state index in [1.54, 1.807) is 6.07 Å². The zero-order valence-corrected chi connectivity index (χ0v) is 10.3. The maximum absolute atomic E-state index is 11.5. The lowest BCUT2D eigenvalue weighted by Gasteiger charge is -2.17. The summed E-state index contributed by atoms with van der Waals surface area (Å²) in [5, 5.41) is 0. The lowest BCUT2D eigenvalue weighted by Crippen LogP contribution is -2.18. The summed E-state index contributed by atoms with van der Waals surface area (Å²) < 4.78 is 5.60. The van der Waals surface area contributed by atoms with Crippen molar-refractivity contribution in [3.05, 3.63) is 29.3 Å². The molecule has 2 N–H and O–H groups in total. The normalized spacial score (nSPS) is 10.9. The van der Waals surface area contributed by atoms with E-state index in [-0.39, 0.29) is 12.0 Å². The number of primary amides is 1. The molecule has 88 valence electrons. The highest BCUT2D eigenvalue weighted by Gasteiger charge is 2.17. The van der Waals surface area contributed by atoms with Gasteiger partial charge in [0.15, 0.2) is 0 Å². The monoisotopic (exact) mass is 221 g/mol. The van der Waals surface area contributed by atoms with Crippen LogP contribution in [-0.4, -0.2) is 12.0 Å². The number of hydrogen-bond acceptors (Lipinski definition) is 2. The predicted octanol–water partition coefficient (Wildman–Crippen LogP) is 2.70. The molecule has 0 aromatic heterocycles. The molecule has 1 aromatic rings. The maximum atomic E-state index is 11.5. The summed E-state index contributed by atoms with van der Waals surface area (Å²) in [4.78, 5) is 11.5. The zero-order valence-electron chi connectivity index (χ0n) is 10.3. The number of hydrogen-bond donors (Lipinski definition) is 1. The van der Waals surface area contributed by atoms with E-state index in [4.69, 9.17) is 10.5 Å². The number of carbonyl (C=O) groups excluding carboxylic acids is 1. The molecule has 0 spiro atoms. The Kier molecular flexibility index (Phi) is 3.93. The molecule has 1 aromatic carbocycles. The van der Waals surface area contributed by atoms with Gasteiger partial charge in [0, 0.05) is 0 Å². The quantitative estimate of drug-likeness (QED) is 0.849. The van der Waals surface area contributed by atoms with Crippen LogP contribution in [-0.2, 0) is 0 Å². The number of benzene rings is 1. The van der Waals surface area contributed by atoms with Gasteiger partial charge in [-0.15, -0.1) is 0 Å². The molecule has 3 heteroatoms. The van der Waals surface area contributed by atoms with Crippen molar-refractivity contribution in [3.8, 4) is 5.75 Å². The molecule has 0 aliphatic rings. The third kappa shape index (κ3) is 2.75. The number of nitrogens with two attached hydrogens (primary N) is 1. The first-order valence-corrected chi connectivity index (χ1v) is 5.52. The molecule has 0 fully saturated rings. The average molecular weight is 221 g/mol. The Morgan fingerprint density at radius 2 is 1.88 bits per heavy atom. The fraction of sp³-hybridized carbons (Fsp3) is 0.462. The van der Waals surface area contributed by atoms with Crippen LogP contribution in [0.25, 0.3) is 0 Å². The Balaban J connectivity index is 3.27. The van der Waals surface area contributed by atoms with E-state index >= 15 is 0 Å². The van der Waals surface area contributed by atoms with Gasteiger partial charge in [-0.2, -0.15) is 0 Å². The van der Waals surface area contributed by atoms with E-state index in [1.165, 1.54) is 0 Å². The number of rotatable bonds is 4. The van der Waals surface area contributed by atoms with Crippen LogP contribution in [0.2, 0.25) is 0 Å². The van der Waals surface area contributed by atoms with Gasteiger partial charge in [-0.3, -0.25) is 4.79 Å². The topological polar surface area (TPSA) is 52.3 Å². The molecule has 0 aliphatic carbocycles. The zero-order chi connectivity index (χ0) is 12.3. The van der Waals surface area contributed by atoms with E-state index in [0.29, 0.717) is 11.3 Å². The highest BCUT2D eigenvalue weighted by atomic mass is 16.5. The predicted molar refractivity (Wildman–Crippen MR) is 64.8 cm³/mol. The van der Waals surface area contributed by atoms with Gasteiger partial charge in [-0.1, -0.05) is 26.0 Å². The third-order valence-electron chi connectivity index (χ3n) is 2.29. The van der Waals surface area contributed by atoms with Crippen molar-refractivity contribution in [2.45, 2.75) is 39.7 Å². The van der Waals surface area contributed by atoms with Gasteiger partial charge in [-0.25, -0.2) is 0 Å². The average Bonchev–Trinajstić information content (AvgIpc) is 2.15. The van der Waals surface area contributed by atoms with Crippen molar-refractivity contribution in [3.63, 3.8) is 0 Å². The molecule has 3 nitrogen and oxygen atoms in total. The minimum Gasteiger partial charge on any atom is -0.490 e. The third-order valence-corrected chi connectivity index (χ3v) is 2.29. The van der Waals surface area contributed by atoms with Crippen LogP contribution >= 0.6 is 0 Å². The van der Waals surface area contributed by atoms with Crippen molar-refractivity contribution in [1.29, 1.82) is 0 Å². The molecule has 0 bridgehead atoms. The minimum atomic E-state index is -0.431. The van der Waals surface area contributed by atoms with Gasteiger partial charge in [0.2, 0.25) is 0 Å². The van der Waals surface area contributed by atoms with Crippen molar-refractivity contribution in [2.75, 3.05) is 0 Å². The summed E-state index contributed by atoms with van der Waals surface area (Å²) in [6.45, 7) is 7.90. The highest BCUT2D eigenvalue weighted by Crippen LogP contribution is 2.28. The van der Waals surface area contributed by atoms with E-state index < -0.39 is 5.91 Å². The van der Waals surface area contributed by atoms with E-state index in [2.05, 4.69) is 0 Å². The second-order valence-electron chi connectivity index (χ2n) is 4.41. The number of carbonyl (C=O) groups is 1. The van der Waals surface area contributed by atoms with E-state index in [0.717, 1.165) is 5.56 Å². The van der Waals surface area contributed by atoms with Gasteiger partial charge in [0.05, 0.1) is 11.7 Å². The first-order valence-electron chi connectivity index (χ1n) is 5.52. The lowest BCUT2D eigenvalue weighted by molar-refractivity contribution is 0.0993. The van der Waals surface area contributed by atoms with E-state index in [9.17, 15) is 4.79 Å². The molecule has 0 heterocycles. The fourth-order valence-electron chi connectivity index (χ4n) is 1.65. The molecular weight excluding hydrogens is 202 g/mol. The summed E-state index contributed by atoms with van der Waals surface area (Å²) in [6, 6.07) is 5.59. The molecule has 1 amide bonds. The molecule has 1 rings (SSSR count). The summed E-state index contributed by atoms with van der Waals surface area (Å²) in [5.41, 5.74) is 6.85. The van der Waals surface area contributed by atoms with Gasteiger partial charge < -0.3 is 10.5 Å². The Morgan fingerprint density at radius 1 is 1.25 bits per heavy atom. The molecule has 0 saturated carbocycles. The van der Waals surface area contributed by atoms with Crippen LogP contribution in [0.15, 0.2) is 18.2 Å². The SMILES string of the molecule is CC(C)Oc1cccc(C(C)C)c1C(N)=O. The highest BCUT2D eigenvalue weighted by molar-refractivity contribution is 5.97. The van der Waals surface area contributed by atoms with Crippen LogP contribution in [0, 0.1) is 0 Å². The van der Waals surface area contributed by atoms with Crippen molar-refractivity contribution < 1.29 is 9.53 Å². The summed E-state index contributed by atoms with van der Waals surface area (Å²) >= 11 is 0. The standard InChI is InChI=1S/C13H19NO2/c1-8(2)10-6-5-7-11(16-9(3)4)12(10)13(14)15/h5-9H,1-4H3,(H2,14,15). The Labute approximate surface area is 96.6 Å².